The molecule has 2 aromatic rings. The molecule has 0 aliphatic carbocycles. The average Bonchev–Trinajstić information content (AvgIpc) is 2.52. The summed E-state index contributed by atoms with van der Waals surface area (Å²) in [6.07, 6.45) is 0. The molecule has 2 aromatic carbocycles. The Morgan fingerprint density at radius 1 is 1.19 bits per heavy atom. The molecule has 0 radical (unpaired) electrons. The molecule has 0 spiro atoms. The molecule has 0 saturated carbocycles. The smallest absolute Gasteiger partial charge is 0.265 e. The van der Waals surface area contributed by atoms with Gasteiger partial charge in [-0.1, -0.05) is 38.1 Å². The lowest BCUT2D eigenvalue weighted by molar-refractivity contribution is 0.0953. The van der Waals surface area contributed by atoms with Crippen molar-refractivity contribution in [1.82, 2.24) is 5.43 Å². The Bertz CT molecular complexity index is 606. The van der Waals surface area contributed by atoms with Crippen LogP contribution in [0.25, 0.3) is 0 Å². The van der Waals surface area contributed by atoms with Gasteiger partial charge in [0.05, 0.1) is 0 Å². The molecular weight excluding hydrogens is 264 g/mol. The summed E-state index contributed by atoms with van der Waals surface area (Å²) in [7, 11) is 0. The van der Waals surface area contributed by atoms with Crippen LogP contribution in [0.2, 0.25) is 0 Å². The normalized spacial score (nSPS) is 10.5. The van der Waals surface area contributed by atoms with Gasteiger partial charge in [-0.05, 0) is 41.3 Å². The number of hydrazine groups is 1. The van der Waals surface area contributed by atoms with Crippen molar-refractivity contribution in [2.45, 2.75) is 26.4 Å². The van der Waals surface area contributed by atoms with E-state index in [9.17, 15) is 4.79 Å². The largest absolute Gasteiger partial charge is 0.489 e. The van der Waals surface area contributed by atoms with E-state index in [4.69, 9.17) is 10.6 Å². The topological polar surface area (TPSA) is 64.3 Å². The highest BCUT2D eigenvalue weighted by Crippen LogP contribution is 2.19. The van der Waals surface area contributed by atoms with Crippen molar-refractivity contribution >= 4 is 5.91 Å². The number of hydrogen-bond acceptors (Lipinski definition) is 3. The van der Waals surface area contributed by atoms with E-state index < -0.39 is 0 Å². The number of nitrogen functional groups attached to an aromatic ring is 1. The predicted octanol–water partition coefficient (Wildman–Crippen LogP) is 2.99. The molecule has 0 bridgehead atoms. The second-order valence-corrected chi connectivity index (χ2v) is 5.19. The molecule has 0 heterocycles. The van der Waals surface area contributed by atoms with Gasteiger partial charge in [-0.25, -0.2) is 5.84 Å². The van der Waals surface area contributed by atoms with E-state index in [1.54, 1.807) is 12.1 Å². The Morgan fingerprint density at radius 2 is 1.90 bits per heavy atom. The van der Waals surface area contributed by atoms with E-state index in [1.165, 1.54) is 5.56 Å². The zero-order chi connectivity index (χ0) is 15.2. The summed E-state index contributed by atoms with van der Waals surface area (Å²) in [6, 6.07) is 15.3. The number of carbonyl (C=O) groups is 1. The minimum atomic E-state index is -0.307. The number of hydrogen-bond donors (Lipinski definition) is 2. The van der Waals surface area contributed by atoms with Gasteiger partial charge in [0, 0.05) is 5.56 Å². The van der Waals surface area contributed by atoms with Crippen LogP contribution in [-0.4, -0.2) is 5.91 Å². The molecule has 0 aliphatic heterocycles. The number of nitrogens with one attached hydrogen (secondary N) is 1. The maximum Gasteiger partial charge on any atom is 0.265 e. The van der Waals surface area contributed by atoms with E-state index in [0.717, 1.165) is 11.3 Å². The van der Waals surface area contributed by atoms with Crippen LogP contribution in [0.3, 0.4) is 0 Å². The highest BCUT2D eigenvalue weighted by atomic mass is 16.5. The summed E-state index contributed by atoms with van der Waals surface area (Å²) in [5, 5.41) is 0. The van der Waals surface area contributed by atoms with Gasteiger partial charge >= 0.3 is 0 Å². The fourth-order valence-electron chi connectivity index (χ4n) is 2.00. The molecule has 0 fully saturated rings. The fourth-order valence-corrected chi connectivity index (χ4v) is 2.00. The first-order valence-electron chi connectivity index (χ1n) is 6.93. The molecule has 4 nitrogen and oxygen atoms in total. The number of nitrogens with two attached hydrogens (primary N) is 1. The van der Waals surface area contributed by atoms with Crippen molar-refractivity contribution < 1.29 is 9.53 Å². The lowest BCUT2D eigenvalue weighted by Crippen LogP contribution is -2.30. The number of carbonyl (C=O) groups excluding carboxylic acids is 1. The Morgan fingerprint density at radius 3 is 2.52 bits per heavy atom. The van der Waals surface area contributed by atoms with Gasteiger partial charge in [0.1, 0.15) is 12.4 Å². The van der Waals surface area contributed by atoms with Crippen LogP contribution in [0.4, 0.5) is 0 Å². The summed E-state index contributed by atoms with van der Waals surface area (Å²) in [6.45, 7) is 4.72. The van der Waals surface area contributed by atoms with Gasteiger partial charge < -0.3 is 4.74 Å². The van der Waals surface area contributed by atoms with E-state index in [1.807, 2.05) is 24.3 Å². The molecule has 2 rings (SSSR count). The van der Waals surface area contributed by atoms with Gasteiger partial charge in [-0.15, -0.1) is 0 Å². The van der Waals surface area contributed by atoms with Gasteiger partial charge in [0.2, 0.25) is 0 Å². The first kappa shape index (κ1) is 15.1. The lowest BCUT2D eigenvalue weighted by Gasteiger charge is -2.09. The number of amides is 1. The van der Waals surface area contributed by atoms with Crippen molar-refractivity contribution in [3.8, 4) is 5.75 Å². The van der Waals surface area contributed by atoms with Crippen LogP contribution in [0.1, 0.15) is 41.3 Å². The monoisotopic (exact) mass is 284 g/mol. The molecular formula is C17H20N2O2. The molecule has 1 amide bonds. The van der Waals surface area contributed by atoms with Crippen LogP contribution in [-0.2, 0) is 6.61 Å². The maximum absolute atomic E-state index is 11.5. The van der Waals surface area contributed by atoms with Gasteiger partial charge in [-0.3, -0.25) is 10.2 Å². The third-order valence-corrected chi connectivity index (χ3v) is 3.27. The summed E-state index contributed by atoms with van der Waals surface area (Å²) < 4.78 is 5.73. The van der Waals surface area contributed by atoms with Crippen molar-refractivity contribution in [3.05, 3.63) is 65.2 Å². The lowest BCUT2D eigenvalue weighted by atomic mass is 10.0. The van der Waals surface area contributed by atoms with Crippen molar-refractivity contribution in [3.63, 3.8) is 0 Å². The van der Waals surface area contributed by atoms with Crippen molar-refractivity contribution in [2.75, 3.05) is 0 Å². The Labute approximate surface area is 124 Å². The minimum absolute atomic E-state index is 0.307. The van der Waals surface area contributed by atoms with Gasteiger partial charge in [-0.2, -0.15) is 0 Å². The first-order chi connectivity index (χ1) is 10.1. The third kappa shape index (κ3) is 4.07. The molecule has 0 aliphatic rings. The van der Waals surface area contributed by atoms with Crippen LogP contribution in [0.5, 0.6) is 5.75 Å². The van der Waals surface area contributed by atoms with Crippen LogP contribution in [0, 0.1) is 0 Å². The SMILES string of the molecule is CC(C)c1ccc(OCc2cccc(C(=O)NN)c2)cc1. The highest BCUT2D eigenvalue weighted by molar-refractivity contribution is 5.93. The first-order valence-corrected chi connectivity index (χ1v) is 6.93. The zero-order valence-corrected chi connectivity index (χ0v) is 12.3. The summed E-state index contributed by atoms with van der Waals surface area (Å²) in [5.41, 5.74) is 4.84. The van der Waals surface area contributed by atoms with E-state index in [-0.39, 0.29) is 5.91 Å². The average molecular weight is 284 g/mol. The van der Waals surface area contributed by atoms with E-state index >= 15 is 0 Å². The van der Waals surface area contributed by atoms with Crippen LogP contribution < -0.4 is 16.0 Å². The van der Waals surface area contributed by atoms with E-state index in [0.29, 0.717) is 18.1 Å². The third-order valence-electron chi connectivity index (χ3n) is 3.27. The Balaban J connectivity index is 2.01. The second-order valence-electron chi connectivity index (χ2n) is 5.19. The number of rotatable bonds is 5. The molecule has 0 saturated heterocycles. The van der Waals surface area contributed by atoms with Crippen LogP contribution in [0.15, 0.2) is 48.5 Å². The van der Waals surface area contributed by atoms with Crippen molar-refractivity contribution in [1.29, 1.82) is 0 Å². The summed E-state index contributed by atoms with van der Waals surface area (Å²) in [5.74, 6) is 6.14. The zero-order valence-electron chi connectivity index (χ0n) is 12.3. The second kappa shape index (κ2) is 6.90. The van der Waals surface area contributed by atoms with Gasteiger partial charge in [0.25, 0.3) is 5.91 Å². The molecule has 110 valence electrons. The molecule has 21 heavy (non-hydrogen) atoms. The Hall–Kier alpha value is -2.33. The van der Waals surface area contributed by atoms with E-state index in [2.05, 4.69) is 31.4 Å². The molecule has 3 N–H and O–H groups in total. The summed E-state index contributed by atoms with van der Waals surface area (Å²) in [4.78, 5) is 11.5. The Kier molecular flexibility index (Phi) is 4.95. The predicted molar refractivity (Wildman–Crippen MR) is 83.0 cm³/mol. The molecule has 0 atom stereocenters. The molecule has 0 aromatic heterocycles. The maximum atomic E-state index is 11.5. The molecule has 4 heteroatoms. The molecule has 0 unspecified atom stereocenters. The van der Waals surface area contributed by atoms with Crippen molar-refractivity contribution in [2.24, 2.45) is 5.84 Å². The number of ether oxygens (including phenoxy) is 1. The number of benzene rings is 2. The van der Waals surface area contributed by atoms with Crippen LogP contribution >= 0.6 is 0 Å². The quantitative estimate of drug-likeness (QED) is 0.504. The summed E-state index contributed by atoms with van der Waals surface area (Å²) >= 11 is 0. The highest BCUT2D eigenvalue weighted by Gasteiger charge is 2.05. The minimum Gasteiger partial charge on any atom is -0.489 e. The standard InChI is InChI=1S/C17H20N2O2/c1-12(2)14-6-8-16(9-7-14)21-11-13-4-3-5-15(10-13)17(20)19-18/h3-10,12H,11,18H2,1-2H3,(H,19,20). The fraction of sp³-hybridized carbons (Fsp3) is 0.235. The van der Waals surface area contributed by atoms with Gasteiger partial charge in [0.15, 0.2) is 0 Å².